The van der Waals surface area contributed by atoms with Gasteiger partial charge >= 0.3 is 6.18 Å². The number of aryl methyl sites for hydroxylation is 2. The van der Waals surface area contributed by atoms with Gasteiger partial charge in [0.2, 0.25) is 5.91 Å². The Balaban J connectivity index is 1.48. The third kappa shape index (κ3) is 6.28. The van der Waals surface area contributed by atoms with Gasteiger partial charge in [-0.15, -0.1) is 0 Å². The van der Waals surface area contributed by atoms with Gasteiger partial charge < -0.3 is 20.3 Å². The highest BCUT2D eigenvalue weighted by Gasteiger charge is 2.41. The van der Waals surface area contributed by atoms with Crippen LogP contribution >= 0.6 is 0 Å². The third-order valence-corrected chi connectivity index (χ3v) is 8.03. The molecule has 2 fully saturated rings. The number of carbonyl (C=O) groups is 2. The van der Waals surface area contributed by atoms with Crippen LogP contribution in [-0.4, -0.2) is 42.5 Å². The van der Waals surface area contributed by atoms with Crippen LogP contribution in [0.1, 0.15) is 57.9 Å². The van der Waals surface area contributed by atoms with E-state index in [1.165, 1.54) is 36.1 Å². The summed E-state index contributed by atoms with van der Waals surface area (Å²) in [6.07, 6.45) is -2.82. The zero-order valence-corrected chi connectivity index (χ0v) is 23.4. The first kappa shape index (κ1) is 29.6. The van der Waals surface area contributed by atoms with Crippen molar-refractivity contribution in [3.63, 3.8) is 0 Å². The number of rotatable bonds is 6. The molecule has 0 spiro atoms. The SMILES string of the molecule is Cc1ccc(NC(=O)[C@H]2CCCN(C(=O)c3c(C)cccc3F)[C@H]2c2ccc(NC3CCOC3)cc2)cc1C(F)(F)F. The molecule has 3 atom stereocenters. The van der Waals surface area contributed by atoms with E-state index in [2.05, 4.69) is 10.6 Å². The van der Waals surface area contributed by atoms with E-state index in [0.717, 1.165) is 18.2 Å². The van der Waals surface area contributed by atoms with Crippen LogP contribution in [0.25, 0.3) is 0 Å². The maximum absolute atomic E-state index is 14.9. The van der Waals surface area contributed by atoms with E-state index in [4.69, 9.17) is 4.74 Å². The second kappa shape index (κ2) is 12.1. The molecule has 10 heteroatoms. The van der Waals surface area contributed by atoms with Crippen molar-refractivity contribution in [2.24, 2.45) is 5.92 Å². The van der Waals surface area contributed by atoms with Crippen LogP contribution in [0.5, 0.6) is 0 Å². The number of carbonyl (C=O) groups excluding carboxylic acids is 2. The van der Waals surface area contributed by atoms with Crippen molar-refractivity contribution in [3.05, 3.63) is 94.3 Å². The number of benzene rings is 3. The lowest BCUT2D eigenvalue weighted by molar-refractivity contribution is -0.138. The number of anilines is 2. The normalized spacial score (nSPS) is 20.8. The van der Waals surface area contributed by atoms with Crippen molar-refractivity contribution in [2.75, 3.05) is 30.4 Å². The number of amides is 2. The van der Waals surface area contributed by atoms with Crippen molar-refractivity contribution >= 4 is 23.2 Å². The molecule has 2 heterocycles. The molecule has 5 rings (SSSR count). The molecule has 3 aromatic carbocycles. The van der Waals surface area contributed by atoms with Gasteiger partial charge in [0.05, 0.1) is 35.7 Å². The van der Waals surface area contributed by atoms with Gasteiger partial charge in [0.15, 0.2) is 0 Å². The Kier molecular flexibility index (Phi) is 8.54. The predicted octanol–water partition coefficient (Wildman–Crippen LogP) is 6.89. The first-order valence-electron chi connectivity index (χ1n) is 14.0. The molecular weight excluding hydrogens is 550 g/mol. The molecule has 2 N–H and O–H groups in total. The second-order valence-corrected chi connectivity index (χ2v) is 11.0. The van der Waals surface area contributed by atoms with Crippen molar-refractivity contribution in [3.8, 4) is 0 Å². The zero-order chi connectivity index (χ0) is 30.0. The average Bonchev–Trinajstić information content (AvgIpc) is 3.46. The van der Waals surface area contributed by atoms with Crippen LogP contribution in [0.4, 0.5) is 28.9 Å². The van der Waals surface area contributed by atoms with Gasteiger partial charge in [0, 0.05) is 24.5 Å². The number of piperidine rings is 1. The van der Waals surface area contributed by atoms with Crippen LogP contribution in [0.3, 0.4) is 0 Å². The molecule has 2 aliphatic heterocycles. The van der Waals surface area contributed by atoms with Gasteiger partial charge in [-0.1, -0.05) is 30.3 Å². The number of hydrogen-bond donors (Lipinski definition) is 2. The molecule has 0 radical (unpaired) electrons. The Morgan fingerprint density at radius 2 is 1.69 bits per heavy atom. The monoisotopic (exact) mass is 583 g/mol. The van der Waals surface area contributed by atoms with E-state index in [-0.39, 0.29) is 22.9 Å². The molecule has 222 valence electrons. The Morgan fingerprint density at radius 3 is 2.36 bits per heavy atom. The number of likely N-dealkylation sites (tertiary alicyclic amines) is 1. The number of nitrogens with zero attached hydrogens (tertiary/aromatic N) is 1. The van der Waals surface area contributed by atoms with Crippen LogP contribution in [0.15, 0.2) is 60.7 Å². The molecular formula is C32H33F4N3O3. The predicted molar refractivity (Wildman–Crippen MR) is 152 cm³/mol. The zero-order valence-electron chi connectivity index (χ0n) is 23.4. The molecule has 2 saturated heterocycles. The fourth-order valence-electron chi connectivity index (χ4n) is 5.86. The maximum Gasteiger partial charge on any atom is 0.416 e. The summed E-state index contributed by atoms with van der Waals surface area (Å²) >= 11 is 0. The fourth-order valence-corrected chi connectivity index (χ4v) is 5.86. The highest BCUT2D eigenvalue weighted by Crippen LogP contribution is 2.40. The largest absolute Gasteiger partial charge is 0.416 e. The topological polar surface area (TPSA) is 70.7 Å². The highest BCUT2D eigenvalue weighted by molar-refractivity contribution is 5.98. The van der Waals surface area contributed by atoms with Gasteiger partial charge in [-0.05, 0) is 80.1 Å². The summed E-state index contributed by atoms with van der Waals surface area (Å²) in [6.45, 7) is 4.60. The summed E-state index contributed by atoms with van der Waals surface area (Å²) < 4.78 is 60.9. The molecule has 2 aliphatic rings. The van der Waals surface area contributed by atoms with Gasteiger partial charge in [-0.3, -0.25) is 9.59 Å². The van der Waals surface area contributed by atoms with Gasteiger partial charge in [-0.2, -0.15) is 13.2 Å². The number of hydrogen-bond acceptors (Lipinski definition) is 4. The molecule has 1 unspecified atom stereocenters. The standard InChI is InChI=1S/C32H33F4N3O3/c1-19-8-11-23(17-26(19)32(34,35)36)38-30(40)25-6-4-15-39(31(41)28-20(2)5-3-7-27(28)33)29(25)21-9-12-22(13-10-21)37-24-14-16-42-18-24/h3,5,7-13,17,24-25,29,37H,4,6,14-16,18H2,1-2H3,(H,38,40)/t24?,25-,29-/m0/s1. The third-order valence-electron chi connectivity index (χ3n) is 8.03. The summed E-state index contributed by atoms with van der Waals surface area (Å²) in [5.74, 6) is -2.48. The van der Waals surface area contributed by atoms with Crippen molar-refractivity contribution in [1.29, 1.82) is 0 Å². The molecule has 2 amide bonds. The van der Waals surface area contributed by atoms with Crippen LogP contribution in [-0.2, 0) is 15.7 Å². The summed E-state index contributed by atoms with van der Waals surface area (Å²) in [4.78, 5) is 29.1. The molecule has 6 nitrogen and oxygen atoms in total. The van der Waals surface area contributed by atoms with Crippen LogP contribution in [0, 0.1) is 25.6 Å². The molecule has 0 bridgehead atoms. The number of alkyl halides is 3. The van der Waals surface area contributed by atoms with Crippen LogP contribution in [0.2, 0.25) is 0 Å². The Hall–Kier alpha value is -3.92. The van der Waals surface area contributed by atoms with Gasteiger partial charge in [-0.25, -0.2) is 4.39 Å². The maximum atomic E-state index is 14.9. The van der Waals surface area contributed by atoms with Gasteiger partial charge in [0.25, 0.3) is 5.91 Å². The Morgan fingerprint density at radius 1 is 0.952 bits per heavy atom. The first-order valence-corrected chi connectivity index (χ1v) is 14.0. The van der Waals surface area contributed by atoms with Crippen molar-refractivity contribution < 1.29 is 31.9 Å². The molecule has 42 heavy (non-hydrogen) atoms. The summed E-state index contributed by atoms with van der Waals surface area (Å²) in [7, 11) is 0. The summed E-state index contributed by atoms with van der Waals surface area (Å²) in [6, 6.07) is 14.9. The second-order valence-electron chi connectivity index (χ2n) is 11.0. The first-order chi connectivity index (χ1) is 20.0. The van der Waals surface area contributed by atoms with E-state index in [1.54, 1.807) is 13.0 Å². The number of ether oxygens (including phenoxy) is 1. The minimum absolute atomic E-state index is 0.0170. The lowest BCUT2D eigenvalue weighted by atomic mass is 9.83. The smallest absolute Gasteiger partial charge is 0.380 e. The molecule has 0 saturated carbocycles. The fraction of sp³-hybridized carbons (Fsp3) is 0.375. The molecule has 3 aromatic rings. The quantitative estimate of drug-likeness (QED) is 0.310. The molecule has 0 aliphatic carbocycles. The van der Waals surface area contributed by atoms with E-state index in [9.17, 15) is 27.2 Å². The minimum Gasteiger partial charge on any atom is -0.380 e. The minimum atomic E-state index is -4.57. The Bertz CT molecular complexity index is 1430. The number of halogens is 4. The average molecular weight is 584 g/mol. The van der Waals surface area contributed by atoms with E-state index in [0.29, 0.717) is 43.7 Å². The van der Waals surface area contributed by atoms with E-state index >= 15 is 0 Å². The lowest BCUT2D eigenvalue weighted by Crippen LogP contribution is -2.46. The summed E-state index contributed by atoms with van der Waals surface area (Å²) in [5, 5.41) is 6.06. The number of nitrogens with one attached hydrogen (secondary N) is 2. The Labute approximate surface area is 242 Å². The highest BCUT2D eigenvalue weighted by atomic mass is 19.4. The van der Waals surface area contributed by atoms with Gasteiger partial charge in [0.1, 0.15) is 5.82 Å². The van der Waals surface area contributed by atoms with Crippen molar-refractivity contribution in [2.45, 2.75) is 51.4 Å². The molecule has 0 aromatic heterocycles. The summed E-state index contributed by atoms with van der Waals surface area (Å²) in [5.41, 5.74) is 1.18. The lowest BCUT2D eigenvalue weighted by Gasteiger charge is -2.41. The van der Waals surface area contributed by atoms with Crippen molar-refractivity contribution in [1.82, 2.24) is 4.90 Å². The van der Waals surface area contributed by atoms with E-state index < -0.39 is 41.3 Å². The van der Waals surface area contributed by atoms with Crippen LogP contribution < -0.4 is 10.6 Å². The van der Waals surface area contributed by atoms with E-state index in [1.807, 2.05) is 24.3 Å².